The molecule has 0 saturated heterocycles. The lowest BCUT2D eigenvalue weighted by Crippen LogP contribution is -2.06. The van der Waals surface area contributed by atoms with Crippen LogP contribution in [0.15, 0.2) is 18.2 Å². The summed E-state index contributed by atoms with van der Waals surface area (Å²) >= 11 is 11.1. The van der Waals surface area contributed by atoms with Crippen LogP contribution in [0.4, 0.5) is 0 Å². The maximum atomic E-state index is 10.3. The molecule has 7 heteroatoms. The van der Waals surface area contributed by atoms with Gasteiger partial charge in [0.25, 0.3) is 0 Å². The molecule has 0 aromatic heterocycles. The summed E-state index contributed by atoms with van der Waals surface area (Å²) in [6.07, 6.45) is 0. The van der Waals surface area contributed by atoms with Crippen LogP contribution in [0.5, 0.6) is 5.75 Å². The van der Waals surface area contributed by atoms with Crippen molar-refractivity contribution in [3.63, 3.8) is 0 Å². The van der Waals surface area contributed by atoms with Gasteiger partial charge in [0.05, 0.1) is 10.0 Å². The molecule has 1 rings (SSSR count). The maximum absolute atomic E-state index is 10.3. The average Bonchev–Trinajstić information content (AvgIpc) is 1.94. The zero-order valence-electron chi connectivity index (χ0n) is 6.07. The van der Waals surface area contributed by atoms with Gasteiger partial charge in [0.15, 0.2) is 0 Å². The summed E-state index contributed by atoms with van der Waals surface area (Å²) in [5, 5.41) is 0.409. The molecular weight excluding hydrogens is 239 g/mol. The van der Waals surface area contributed by atoms with E-state index < -0.39 is 10.4 Å². The van der Waals surface area contributed by atoms with Crippen molar-refractivity contribution in [1.29, 1.82) is 0 Å². The lowest BCUT2D eigenvalue weighted by Gasteiger charge is -2.01. The third kappa shape index (κ3) is 3.40. The number of benzene rings is 1. The van der Waals surface area contributed by atoms with Gasteiger partial charge in [-0.05, 0) is 12.1 Å². The highest BCUT2D eigenvalue weighted by atomic mass is 35.5. The van der Waals surface area contributed by atoms with Gasteiger partial charge in [-0.1, -0.05) is 23.2 Å². The molecule has 0 amide bonds. The standard InChI is InChI=1S/C6H4Cl2O4S/c7-5-2-1-4(3-6(5)8)12-13(9,10)11/h1-3H,(H,9,10,11). The summed E-state index contributed by atoms with van der Waals surface area (Å²) in [6.45, 7) is 0. The molecule has 1 aromatic carbocycles. The fraction of sp³-hybridized carbons (Fsp3) is 0. The predicted molar refractivity (Wildman–Crippen MR) is 48.6 cm³/mol. The highest BCUT2D eigenvalue weighted by molar-refractivity contribution is 7.81. The van der Waals surface area contributed by atoms with Gasteiger partial charge in [0, 0.05) is 6.07 Å². The molecule has 0 radical (unpaired) electrons. The van der Waals surface area contributed by atoms with Crippen LogP contribution in [0.3, 0.4) is 0 Å². The lowest BCUT2D eigenvalue weighted by molar-refractivity contribution is 0.387. The maximum Gasteiger partial charge on any atom is 0.446 e. The third-order valence-electron chi connectivity index (χ3n) is 1.09. The molecule has 0 fully saturated rings. The predicted octanol–water partition coefficient (Wildman–Crippen LogP) is 2.17. The fourth-order valence-electron chi connectivity index (χ4n) is 0.650. The van der Waals surface area contributed by atoms with Crippen LogP contribution >= 0.6 is 23.2 Å². The van der Waals surface area contributed by atoms with E-state index in [0.29, 0.717) is 0 Å². The van der Waals surface area contributed by atoms with Crippen LogP contribution in [0.25, 0.3) is 0 Å². The Balaban J connectivity index is 2.99. The van der Waals surface area contributed by atoms with Crippen molar-refractivity contribution < 1.29 is 17.2 Å². The van der Waals surface area contributed by atoms with Crippen LogP contribution in [-0.2, 0) is 10.4 Å². The summed E-state index contributed by atoms with van der Waals surface area (Å²) < 4.78 is 32.9. The van der Waals surface area contributed by atoms with E-state index in [4.69, 9.17) is 27.8 Å². The molecule has 72 valence electrons. The van der Waals surface area contributed by atoms with Gasteiger partial charge in [-0.3, -0.25) is 4.55 Å². The molecule has 0 bridgehead atoms. The van der Waals surface area contributed by atoms with Crippen LogP contribution in [0.2, 0.25) is 10.0 Å². The van der Waals surface area contributed by atoms with Gasteiger partial charge in [0.2, 0.25) is 0 Å². The summed E-state index contributed by atoms with van der Waals surface area (Å²) in [5.74, 6) is -0.100. The van der Waals surface area contributed by atoms with Crippen molar-refractivity contribution in [1.82, 2.24) is 0 Å². The highest BCUT2D eigenvalue weighted by Crippen LogP contribution is 2.26. The molecule has 0 spiro atoms. The quantitative estimate of drug-likeness (QED) is 0.808. The molecule has 0 aliphatic rings. The topological polar surface area (TPSA) is 63.6 Å². The van der Waals surface area contributed by atoms with E-state index in [9.17, 15) is 8.42 Å². The zero-order valence-corrected chi connectivity index (χ0v) is 8.40. The first-order valence-electron chi connectivity index (χ1n) is 3.00. The zero-order chi connectivity index (χ0) is 10.1. The van der Waals surface area contributed by atoms with Crippen molar-refractivity contribution in [3.8, 4) is 5.75 Å². The lowest BCUT2D eigenvalue weighted by atomic mass is 10.3. The molecule has 0 heterocycles. The smallest absolute Gasteiger partial charge is 0.362 e. The van der Waals surface area contributed by atoms with E-state index in [-0.39, 0.29) is 15.8 Å². The molecule has 0 aliphatic heterocycles. The first-order chi connectivity index (χ1) is 5.88. The Morgan fingerprint density at radius 1 is 1.23 bits per heavy atom. The normalized spacial score (nSPS) is 11.3. The summed E-state index contributed by atoms with van der Waals surface area (Å²) in [5.41, 5.74) is 0. The van der Waals surface area contributed by atoms with E-state index >= 15 is 0 Å². The Hall–Kier alpha value is -0.490. The Morgan fingerprint density at radius 2 is 1.85 bits per heavy atom. The number of hydrogen-bond donors (Lipinski definition) is 1. The van der Waals surface area contributed by atoms with Crippen molar-refractivity contribution in [2.24, 2.45) is 0 Å². The molecule has 0 atom stereocenters. The van der Waals surface area contributed by atoms with E-state index in [2.05, 4.69) is 4.18 Å². The summed E-state index contributed by atoms with van der Waals surface area (Å²) in [7, 11) is -4.51. The Kier molecular flexibility index (Phi) is 3.02. The van der Waals surface area contributed by atoms with E-state index in [1.54, 1.807) is 0 Å². The van der Waals surface area contributed by atoms with E-state index in [0.717, 1.165) is 0 Å². The SMILES string of the molecule is O=S(=O)(O)Oc1ccc(Cl)c(Cl)c1. The highest BCUT2D eigenvalue weighted by Gasteiger charge is 2.08. The fourth-order valence-corrected chi connectivity index (χ4v) is 1.29. The third-order valence-corrected chi connectivity index (χ3v) is 2.23. The first-order valence-corrected chi connectivity index (χ1v) is 5.12. The van der Waals surface area contributed by atoms with Crippen LogP contribution in [-0.4, -0.2) is 13.0 Å². The minimum absolute atomic E-state index is 0.100. The van der Waals surface area contributed by atoms with Crippen LogP contribution in [0, 0.1) is 0 Å². The molecule has 4 nitrogen and oxygen atoms in total. The van der Waals surface area contributed by atoms with Crippen LogP contribution in [0.1, 0.15) is 0 Å². The average molecular weight is 243 g/mol. The van der Waals surface area contributed by atoms with Gasteiger partial charge in [0.1, 0.15) is 5.75 Å². The second-order valence-corrected chi connectivity index (χ2v) is 3.92. The van der Waals surface area contributed by atoms with Gasteiger partial charge >= 0.3 is 10.4 Å². The monoisotopic (exact) mass is 242 g/mol. The Morgan fingerprint density at radius 3 is 2.31 bits per heavy atom. The van der Waals surface area contributed by atoms with Crippen molar-refractivity contribution in [3.05, 3.63) is 28.2 Å². The summed E-state index contributed by atoms with van der Waals surface area (Å²) in [6, 6.07) is 3.80. The minimum atomic E-state index is -4.51. The molecule has 0 aliphatic carbocycles. The first kappa shape index (κ1) is 10.6. The van der Waals surface area contributed by atoms with Crippen molar-refractivity contribution >= 4 is 33.6 Å². The van der Waals surface area contributed by atoms with Gasteiger partial charge < -0.3 is 4.18 Å². The van der Waals surface area contributed by atoms with Gasteiger partial charge in [-0.15, -0.1) is 0 Å². The van der Waals surface area contributed by atoms with E-state index in [1.165, 1.54) is 18.2 Å². The van der Waals surface area contributed by atoms with Crippen LogP contribution < -0.4 is 4.18 Å². The second-order valence-electron chi connectivity index (χ2n) is 2.09. The Labute approximate surface area is 85.0 Å². The second kappa shape index (κ2) is 3.71. The number of halogens is 2. The van der Waals surface area contributed by atoms with Gasteiger partial charge in [-0.2, -0.15) is 8.42 Å². The number of hydrogen-bond acceptors (Lipinski definition) is 3. The Bertz CT molecular complexity index is 415. The largest absolute Gasteiger partial charge is 0.446 e. The summed E-state index contributed by atoms with van der Waals surface area (Å²) in [4.78, 5) is 0. The van der Waals surface area contributed by atoms with E-state index in [1.807, 2.05) is 0 Å². The molecule has 13 heavy (non-hydrogen) atoms. The molecular formula is C6H4Cl2O4S. The molecule has 1 aromatic rings. The molecule has 0 saturated carbocycles. The van der Waals surface area contributed by atoms with Gasteiger partial charge in [-0.25, -0.2) is 0 Å². The van der Waals surface area contributed by atoms with Crippen molar-refractivity contribution in [2.75, 3.05) is 0 Å². The minimum Gasteiger partial charge on any atom is -0.362 e. The number of rotatable bonds is 2. The molecule has 1 N–H and O–H groups in total. The van der Waals surface area contributed by atoms with Crippen molar-refractivity contribution in [2.45, 2.75) is 0 Å². The molecule has 0 unspecified atom stereocenters.